The number of nitrogens with zero attached hydrogens (tertiary/aromatic N) is 1. The third-order valence-corrected chi connectivity index (χ3v) is 1.94. The summed E-state index contributed by atoms with van der Waals surface area (Å²) in [6, 6.07) is 0. The first-order valence-corrected chi connectivity index (χ1v) is 5.22. The van der Waals surface area contributed by atoms with Crippen molar-refractivity contribution in [3.63, 3.8) is 0 Å². The van der Waals surface area contributed by atoms with Crippen LogP contribution in [0.1, 0.15) is 40.5 Å². The Morgan fingerprint density at radius 1 is 1.60 bits per heavy atom. The zero-order valence-electron chi connectivity index (χ0n) is 9.87. The lowest BCUT2D eigenvalue weighted by molar-refractivity contribution is -0.149. The number of hydrogen-bond donors (Lipinski definition) is 0. The molecular weight excluding hydrogens is 194 g/mol. The van der Waals surface area contributed by atoms with E-state index in [0.29, 0.717) is 6.61 Å². The molecule has 15 heavy (non-hydrogen) atoms. The molecule has 4 nitrogen and oxygen atoms in total. The second kappa shape index (κ2) is 4.64. The van der Waals surface area contributed by atoms with Gasteiger partial charge >= 0.3 is 5.97 Å². The molecule has 0 spiro atoms. The summed E-state index contributed by atoms with van der Waals surface area (Å²) in [7, 11) is 0. The number of carbonyl (C=O) groups excluding carboxylic acids is 1. The van der Waals surface area contributed by atoms with Crippen molar-refractivity contribution < 1.29 is 14.4 Å². The van der Waals surface area contributed by atoms with Crippen molar-refractivity contribution >= 4 is 11.7 Å². The summed E-state index contributed by atoms with van der Waals surface area (Å²) in [5.41, 5.74) is 0.946. The summed E-state index contributed by atoms with van der Waals surface area (Å²) < 4.78 is 5.13. The van der Waals surface area contributed by atoms with Crippen molar-refractivity contribution in [1.82, 2.24) is 0 Å². The zero-order valence-corrected chi connectivity index (χ0v) is 9.87. The Balaban J connectivity index is 2.20. The van der Waals surface area contributed by atoms with Crippen LogP contribution in [0.15, 0.2) is 5.16 Å². The molecule has 0 unspecified atom stereocenters. The molecule has 1 aliphatic rings. The minimum Gasteiger partial charge on any atom is -0.465 e. The summed E-state index contributed by atoms with van der Waals surface area (Å²) in [5.74, 6) is -0.208. The minimum atomic E-state index is -0.208. The van der Waals surface area contributed by atoms with Crippen LogP contribution in [-0.4, -0.2) is 24.4 Å². The maximum absolute atomic E-state index is 11.4. The van der Waals surface area contributed by atoms with Crippen LogP contribution in [0.25, 0.3) is 0 Å². The Bertz CT molecular complexity index is 265. The van der Waals surface area contributed by atoms with Gasteiger partial charge in [0.05, 0.1) is 18.7 Å². The van der Waals surface area contributed by atoms with E-state index in [-0.39, 0.29) is 23.9 Å². The largest absolute Gasteiger partial charge is 0.465 e. The smallest absolute Gasteiger partial charge is 0.309 e. The van der Waals surface area contributed by atoms with E-state index < -0.39 is 0 Å². The van der Waals surface area contributed by atoms with Gasteiger partial charge < -0.3 is 9.57 Å². The number of oxime groups is 1. The van der Waals surface area contributed by atoms with E-state index in [1.54, 1.807) is 0 Å². The van der Waals surface area contributed by atoms with Crippen molar-refractivity contribution in [2.24, 2.45) is 10.6 Å². The fourth-order valence-corrected chi connectivity index (χ4v) is 1.22. The van der Waals surface area contributed by atoms with Crippen LogP contribution in [0.4, 0.5) is 0 Å². The molecule has 0 saturated heterocycles. The SMILES string of the molecule is CC1=NO[C@@H](CC(=O)OCC(C)(C)C)C1. The van der Waals surface area contributed by atoms with E-state index in [4.69, 9.17) is 9.57 Å². The third kappa shape index (κ3) is 4.81. The van der Waals surface area contributed by atoms with E-state index in [2.05, 4.69) is 5.16 Å². The molecule has 0 aromatic rings. The maximum atomic E-state index is 11.4. The highest BCUT2D eigenvalue weighted by molar-refractivity contribution is 5.83. The van der Waals surface area contributed by atoms with Gasteiger partial charge in [0.2, 0.25) is 0 Å². The molecular formula is C11H19NO3. The maximum Gasteiger partial charge on any atom is 0.309 e. The van der Waals surface area contributed by atoms with Crippen molar-refractivity contribution in [3.05, 3.63) is 0 Å². The summed E-state index contributed by atoms with van der Waals surface area (Å²) in [6.07, 6.45) is 0.888. The van der Waals surface area contributed by atoms with Gasteiger partial charge in [-0.15, -0.1) is 0 Å². The van der Waals surface area contributed by atoms with Crippen LogP contribution < -0.4 is 0 Å². The molecule has 0 N–H and O–H groups in total. The summed E-state index contributed by atoms with van der Waals surface area (Å²) >= 11 is 0. The van der Waals surface area contributed by atoms with Gasteiger partial charge in [-0.3, -0.25) is 4.79 Å². The fraction of sp³-hybridized carbons (Fsp3) is 0.818. The van der Waals surface area contributed by atoms with Crippen LogP contribution >= 0.6 is 0 Å². The first-order valence-electron chi connectivity index (χ1n) is 5.22. The van der Waals surface area contributed by atoms with Crippen molar-refractivity contribution in [1.29, 1.82) is 0 Å². The van der Waals surface area contributed by atoms with Crippen LogP contribution in [0.5, 0.6) is 0 Å². The third-order valence-electron chi connectivity index (χ3n) is 1.94. The van der Waals surface area contributed by atoms with E-state index in [0.717, 1.165) is 12.1 Å². The van der Waals surface area contributed by atoms with E-state index in [1.807, 2.05) is 27.7 Å². The Morgan fingerprint density at radius 3 is 2.73 bits per heavy atom. The Kier molecular flexibility index (Phi) is 3.72. The van der Waals surface area contributed by atoms with E-state index in [9.17, 15) is 4.79 Å². The molecule has 0 aromatic heterocycles. The van der Waals surface area contributed by atoms with E-state index in [1.165, 1.54) is 0 Å². The Labute approximate surface area is 90.6 Å². The lowest BCUT2D eigenvalue weighted by atomic mass is 9.99. The van der Waals surface area contributed by atoms with Crippen LogP contribution in [-0.2, 0) is 14.4 Å². The molecule has 1 heterocycles. The average molecular weight is 213 g/mol. The first kappa shape index (κ1) is 12.0. The Morgan fingerprint density at radius 2 is 2.27 bits per heavy atom. The van der Waals surface area contributed by atoms with Crippen LogP contribution in [0.2, 0.25) is 0 Å². The molecule has 1 rings (SSSR count). The second-order valence-electron chi connectivity index (χ2n) is 5.18. The summed E-state index contributed by atoms with van der Waals surface area (Å²) in [4.78, 5) is 16.5. The van der Waals surface area contributed by atoms with Gasteiger partial charge in [-0.1, -0.05) is 25.9 Å². The molecule has 1 aliphatic heterocycles. The number of ether oxygens (including phenoxy) is 1. The first-order chi connectivity index (χ1) is 6.87. The second-order valence-corrected chi connectivity index (χ2v) is 5.18. The molecule has 86 valence electrons. The van der Waals surface area contributed by atoms with Crippen molar-refractivity contribution in [2.75, 3.05) is 6.61 Å². The number of esters is 1. The predicted octanol–water partition coefficient (Wildman–Crippen LogP) is 2.13. The lowest BCUT2D eigenvalue weighted by Crippen LogP contribution is -2.21. The molecule has 0 radical (unpaired) electrons. The molecule has 0 amide bonds. The number of rotatable bonds is 3. The highest BCUT2D eigenvalue weighted by atomic mass is 16.6. The monoisotopic (exact) mass is 213 g/mol. The van der Waals surface area contributed by atoms with Crippen molar-refractivity contribution in [2.45, 2.75) is 46.6 Å². The molecule has 0 aliphatic carbocycles. The van der Waals surface area contributed by atoms with Crippen LogP contribution in [0.3, 0.4) is 0 Å². The minimum absolute atomic E-state index is 0.0125. The summed E-state index contributed by atoms with van der Waals surface area (Å²) in [5, 5.41) is 3.79. The number of hydrogen-bond acceptors (Lipinski definition) is 4. The average Bonchev–Trinajstić information content (AvgIpc) is 2.47. The zero-order chi connectivity index (χ0) is 11.5. The molecule has 4 heteroatoms. The highest BCUT2D eigenvalue weighted by Gasteiger charge is 2.23. The molecule has 0 aromatic carbocycles. The van der Waals surface area contributed by atoms with Gasteiger partial charge in [0.1, 0.15) is 6.10 Å². The van der Waals surface area contributed by atoms with E-state index >= 15 is 0 Å². The Hall–Kier alpha value is -1.06. The van der Waals surface area contributed by atoms with Crippen LogP contribution in [0, 0.1) is 5.41 Å². The van der Waals surface area contributed by atoms with Gasteiger partial charge in [-0.25, -0.2) is 0 Å². The molecule has 1 atom stereocenters. The fourth-order valence-electron chi connectivity index (χ4n) is 1.22. The molecule has 0 bridgehead atoms. The standard InChI is InChI=1S/C11H19NO3/c1-8-5-9(15-12-8)6-10(13)14-7-11(2,3)4/h9H,5-7H2,1-4H3/t9-/m1/s1. The molecule has 0 fully saturated rings. The van der Waals surface area contributed by atoms with Gasteiger partial charge in [0.15, 0.2) is 0 Å². The normalized spacial score (nSPS) is 20.8. The highest BCUT2D eigenvalue weighted by Crippen LogP contribution is 2.16. The van der Waals surface area contributed by atoms with Crippen molar-refractivity contribution in [3.8, 4) is 0 Å². The van der Waals surface area contributed by atoms with Gasteiger partial charge in [0, 0.05) is 6.42 Å². The van der Waals surface area contributed by atoms with Gasteiger partial charge in [-0.2, -0.15) is 0 Å². The molecule has 0 saturated carbocycles. The predicted molar refractivity (Wildman–Crippen MR) is 57.6 cm³/mol. The van der Waals surface area contributed by atoms with Gasteiger partial charge in [-0.05, 0) is 12.3 Å². The number of carbonyl (C=O) groups is 1. The lowest BCUT2D eigenvalue weighted by Gasteiger charge is -2.18. The quantitative estimate of drug-likeness (QED) is 0.675. The summed E-state index contributed by atoms with van der Waals surface area (Å²) in [6.45, 7) is 8.41. The topological polar surface area (TPSA) is 47.9 Å². The van der Waals surface area contributed by atoms with Gasteiger partial charge in [0.25, 0.3) is 0 Å².